The van der Waals surface area contributed by atoms with Crippen LogP contribution in [0.4, 0.5) is 0 Å². The fourth-order valence-electron chi connectivity index (χ4n) is 1.44. The van der Waals surface area contributed by atoms with Gasteiger partial charge in [0, 0.05) is 12.2 Å². The van der Waals surface area contributed by atoms with Gasteiger partial charge in [0.15, 0.2) is 7.98 Å². The Morgan fingerprint density at radius 3 is 2.21 bits per heavy atom. The number of hydrogen-bond acceptors (Lipinski definition) is 2. The maximum Gasteiger partial charge on any atom is 0.185 e. The van der Waals surface area contributed by atoms with E-state index in [-0.39, 0.29) is 5.66 Å². The van der Waals surface area contributed by atoms with Gasteiger partial charge in [0.25, 0.3) is 0 Å². The molecule has 14 heavy (non-hydrogen) atoms. The SMILES string of the molecule is [B]N(C)C(C)(C)N(CCCC)C(=C)C. The topological polar surface area (TPSA) is 6.48 Å². The summed E-state index contributed by atoms with van der Waals surface area (Å²) in [5.74, 6) is 0. The number of unbranched alkanes of at least 4 members (excludes halogenated alkanes) is 1. The van der Waals surface area contributed by atoms with Crippen molar-refractivity contribution in [3.8, 4) is 0 Å². The minimum atomic E-state index is -0.166. The molecule has 80 valence electrons. The van der Waals surface area contributed by atoms with Gasteiger partial charge in [-0.05, 0) is 34.2 Å². The Labute approximate surface area is 90.4 Å². The fourth-order valence-corrected chi connectivity index (χ4v) is 1.44. The molecule has 0 rings (SSSR count). The van der Waals surface area contributed by atoms with Gasteiger partial charge in [0.2, 0.25) is 0 Å². The molecule has 0 N–H and O–H groups in total. The second kappa shape index (κ2) is 5.45. The van der Waals surface area contributed by atoms with Crippen LogP contribution in [0.2, 0.25) is 0 Å². The number of hydrogen-bond donors (Lipinski definition) is 0. The maximum atomic E-state index is 5.83. The first-order chi connectivity index (χ1) is 6.34. The third kappa shape index (κ3) is 3.37. The summed E-state index contributed by atoms with van der Waals surface area (Å²) < 4.78 is 0. The van der Waals surface area contributed by atoms with Crippen LogP contribution in [0, 0.1) is 0 Å². The Kier molecular flexibility index (Phi) is 5.28. The van der Waals surface area contributed by atoms with E-state index in [4.69, 9.17) is 7.98 Å². The number of nitrogens with zero attached hydrogens (tertiary/aromatic N) is 2. The van der Waals surface area contributed by atoms with Gasteiger partial charge in [-0.1, -0.05) is 19.9 Å². The zero-order valence-corrected chi connectivity index (χ0v) is 10.3. The van der Waals surface area contributed by atoms with Crippen LogP contribution in [0.15, 0.2) is 12.3 Å². The van der Waals surface area contributed by atoms with Crippen LogP contribution in [0.5, 0.6) is 0 Å². The Hall–Kier alpha value is -0.435. The predicted octanol–water partition coefficient (Wildman–Crippen LogP) is 2.37. The van der Waals surface area contributed by atoms with Gasteiger partial charge < -0.3 is 9.71 Å². The minimum absolute atomic E-state index is 0.166. The Morgan fingerprint density at radius 1 is 1.43 bits per heavy atom. The predicted molar refractivity (Wildman–Crippen MR) is 64.0 cm³/mol. The first kappa shape index (κ1) is 13.6. The molecule has 2 nitrogen and oxygen atoms in total. The van der Waals surface area contributed by atoms with E-state index >= 15 is 0 Å². The quantitative estimate of drug-likeness (QED) is 0.473. The van der Waals surface area contributed by atoms with Gasteiger partial charge in [-0.3, -0.25) is 0 Å². The summed E-state index contributed by atoms with van der Waals surface area (Å²) in [4.78, 5) is 3.98. The molecule has 2 radical (unpaired) electrons. The average molecular weight is 194 g/mol. The summed E-state index contributed by atoms with van der Waals surface area (Å²) in [6, 6.07) is 0. The van der Waals surface area contributed by atoms with Crippen molar-refractivity contribution in [1.82, 2.24) is 9.71 Å². The zero-order valence-electron chi connectivity index (χ0n) is 10.3. The molecular weight excluding hydrogens is 171 g/mol. The lowest BCUT2D eigenvalue weighted by Crippen LogP contribution is -2.53. The van der Waals surface area contributed by atoms with Crippen LogP contribution in [-0.2, 0) is 0 Å². The highest BCUT2D eigenvalue weighted by molar-refractivity contribution is 6.04. The summed E-state index contributed by atoms with van der Waals surface area (Å²) in [6.07, 6.45) is 2.36. The molecule has 3 heteroatoms. The Balaban J connectivity index is 4.55. The van der Waals surface area contributed by atoms with E-state index < -0.39 is 0 Å². The second-order valence-corrected chi connectivity index (χ2v) is 4.35. The molecule has 0 aromatic rings. The van der Waals surface area contributed by atoms with Crippen LogP contribution < -0.4 is 0 Å². The first-order valence-electron chi connectivity index (χ1n) is 5.25. The van der Waals surface area contributed by atoms with Crippen molar-refractivity contribution >= 4 is 7.98 Å². The smallest absolute Gasteiger partial charge is 0.185 e. The highest BCUT2D eigenvalue weighted by atomic mass is 15.4. The van der Waals surface area contributed by atoms with Crippen molar-refractivity contribution in [2.24, 2.45) is 0 Å². The molecule has 0 amide bonds. The van der Waals surface area contributed by atoms with E-state index in [1.807, 2.05) is 14.0 Å². The van der Waals surface area contributed by atoms with E-state index in [1.54, 1.807) is 4.81 Å². The molecule has 0 aromatic heterocycles. The molecule has 0 bridgehead atoms. The van der Waals surface area contributed by atoms with E-state index in [9.17, 15) is 0 Å². The van der Waals surface area contributed by atoms with Gasteiger partial charge in [-0.2, -0.15) is 0 Å². The monoisotopic (exact) mass is 194 g/mol. The van der Waals surface area contributed by atoms with E-state index in [2.05, 4.69) is 32.3 Å². The first-order valence-corrected chi connectivity index (χ1v) is 5.25. The highest BCUT2D eigenvalue weighted by Gasteiger charge is 2.27. The number of allylic oxidation sites excluding steroid dienone is 1. The molecule has 0 saturated heterocycles. The summed E-state index contributed by atoms with van der Waals surface area (Å²) in [5, 5.41) is 0. The van der Waals surface area contributed by atoms with Gasteiger partial charge >= 0.3 is 0 Å². The highest BCUT2D eigenvalue weighted by Crippen LogP contribution is 2.21. The molecule has 0 aromatic carbocycles. The van der Waals surface area contributed by atoms with E-state index in [0.717, 1.165) is 12.2 Å². The van der Waals surface area contributed by atoms with Crippen molar-refractivity contribution in [3.05, 3.63) is 12.3 Å². The Morgan fingerprint density at radius 2 is 1.93 bits per heavy atom. The van der Waals surface area contributed by atoms with Gasteiger partial charge in [0.05, 0.1) is 5.66 Å². The summed E-state index contributed by atoms with van der Waals surface area (Å²) >= 11 is 0. The van der Waals surface area contributed by atoms with E-state index in [0.29, 0.717) is 0 Å². The van der Waals surface area contributed by atoms with Crippen LogP contribution in [0.1, 0.15) is 40.5 Å². The molecule has 0 aliphatic carbocycles. The molecule has 0 heterocycles. The largest absolute Gasteiger partial charge is 0.359 e. The molecule has 0 aliphatic rings. The molecule has 0 fully saturated rings. The Bertz CT molecular complexity index is 188. The molecule has 0 atom stereocenters. The van der Waals surface area contributed by atoms with Gasteiger partial charge in [-0.15, -0.1) is 0 Å². The van der Waals surface area contributed by atoms with Crippen molar-refractivity contribution < 1.29 is 0 Å². The average Bonchev–Trinajstić information content (AvgIpc) is 2.03. The lowest BCUT2D eigenvalue weighted by molar-refractivity contribution is 0.0657. The molecule has 0 spiro atoms. The van der Waals surface area contributed by atoms with E-state index in [1.165, 1.54) is 12.8 Å². The summed E-state index contributed by atoms with van der Waals surface area (Å²) in [5.41, 5.74) is 0.904. The zero-order chi connectivity index (χ0) is 11.4. The molecule has 0 saturated carbocycles. The fraction of sp³-hybridized carbons (Fsp3) is 0.818. The molecule has 0 unspecified atom stereocenters. The van der Waals surface area contributed by atoms with Crippen LogP contribution >= 0.6 is 0 Å². The lowest BCUT2D eigenvalue weighted by Gasteiger charge is -2.46. The minimum Gasteiger partial charge on any atom is -0.359 e. The molecule has 0 aliphatic heterocycles. The van der Waals surface area contributed by atoms with Crippen LogP contribution in [0.25, 0.3) is 0 Å². The normalized spacial score (nSPS) is 11.9. The lowest BCUT2D eigenvalue weighted by atomic mass is 10.1. The third-order valence-electron chi connectivity index (χ3n) is 2.72. The van der Waals surface area contributed by atoms with Crippen molar-refractivity contribution in [2.45, 2.75) is 46.2 Å². The molecular formula is C11H23BN2. The van der Waals surface area contributed by atoms with Crippen LogP contribution in [0.3, 0.4) is 0 Å². The second-order valence-electron chi connectivity index (χ2n) is 4.35. The van der Waals surface area contributed by atoms with Crippen LogP contribution in [-0.4, -0.2) is 36.9 Å². The summed E-state index contributed by atoms with van der Waals surface area (Å²) in [6.45, 7) is 13.5. The third-order valence-corrected chi connectivity index (χ3v) is 2.72. The maximum absolute atomic E-state index is 5.83. The summed E-state index contributed by atoms with van der Waals surface area (Å²) in [7, 11) is 7.72. The van der Waals surface area contributed by atoms with Gasteiger partial charge in [0.1, 0.15) is 0 Å². The van der Waals surface area contributed by atoms with Gasteiger partial charge in [-0.25, -0.2) is 0 Å². The van der Waals surface area contributed by atoms with Crippen molar-refractivity contribution in [1.29, 1.82) is 0 Å². The van der Waals surface area contributed by atoms with Crippen molar-refractivity contribution in [3.63, 3.8) is 0 Å². The van der Waals surface area contributed by atoms with Crippen molar-refractivity contribution in [2.75, 3.05) is 13.6 Å². The standard InChI is InChI=1S/C11H23BN2/c1-7-8-9-14(10(2)3)11(4,5)13(6)12/h2,7-9H2,1,3-6H3. The number of rotatable bonds is 6.